The molecule has 30 heavy (non-hydrogen) atoms. The molecule has 2 aromatic carbocycles. The Kier molecular flexibility index (Phi) is 5.12. The molecule has 9 nitrogen and oxygen atoms in total. The summed E-state index contributed by atoms with van der Waals surface area (Å²) in [4.78, 5) is 35.1. The normalized spacial score (nSPS) is 23.9. The van der Waals surface area contributed by atoms with Crippen molar-refractivity contribution in [3.63, 3.8) is 0 Å². The number of nitrogens with one attached hydrogen (secondary N) is 2. The first-order chi connectivity index (χ1) is 14.0. The first-order valence-corrected chi connectivity index (χ1v) is 8.40. The molecule has 0 aromatic heterocycles. The molecule has 158 valence electrons. The lowest BCUT2D eigenvalue weighted by Gasteiger charge is -2.45. The molecule has 0 bridgehead atoms. The monoisotopic (exact) mass is 425 g/mol. The Bertz CT molecular complexity index is 1010. The quantitative estimate of drug-likeness (QED) is 0.337. The number of alkyl halides is 3. The van der Waals surface area contributed by atoms with E-state index < -0.39 is 57.6 Å². The lowest BCUT2D eigenvalue weighted by atomic mass is 9.77. The highest BCUT2D eigenvalue weighted by molar-refractivity contribution is 6.00. The molecule has 1 heterocycles. The van der Waals surface area contributed by atoms with E-state index >= 15 is 0 Å². The molecule has 0 radical (unpaired) electrons. The number of rotatable bonds is 4. The van der Waals surface area contributed by atoms with E-state index in [2.05, 4.69) is 5.32 Å². The second kappa shape index (κ2) is 7.30. The number of nitro benzene ring substituents is 1. The van der Waals surface area contributed by atoms with Gasteiger partial charge in [0, 0.05) is 23.3 Å². The van der Waals surface area contributed by atoms with Crippen molar-refractivity contribution in [2.24, 2.45) is 5.92 Å². The summed E-state index contributed by atoms with van der Waals surface area (Å²) in [5.74, 6) is -4.33. The molecule has 1 saturated heterocycles. The van der Waals surface area contributed by atoms with Crippen LogP contribution in [0.25, 0.3) is 0 Å². The molecule has 0 saturated carbocycles. The average molecular weight is 425 g/mol. The van der Waals surface area contributed by atoms with E-state index in [0.717, 1.165) is 18.2 Å². The van der Waals surface area contributed by atoms with Crippen LogP contribution in [0, 0.1) is 16.0 Å². The minimum Gasteiger partial charge on any atom is -0.508 e. The summed E-state index contributed by atoms with van der Waals surface area (Å²) in [5.41, 5.74) is -5.35. The summed E-state index contributed by atoms with van der Waals surface area (Å²) in [6.45, 7) is 0. The van der Waals surface area contributed by atoms with Gasteiger partial charge in [0.15, 0.2) is 5.78 Å². The van der Waals surface area contributed by atoms with Crippen LogP contribution in [0.4, 0.5) is 23.7 Å². The van der Waals surface area contributed by atoms with Crippen LogP contribution in [0.5, 0.6) is 5.75 Å². The van der Waals surface area contributed by atoms with Crippen LogP contribution < -0.4 is 10.6 Å². The van der Waals surface area contributed by atoms with Crippen molar-refractivity contribution in [3.8, 4) is 5.75 Å². The number of phenolic OH excluding ortho intramolecular Hbond substituents is 1. The molecule has 0 spiro atoms. The van der Waals surface area contributed by atoms with Crippen LogP contribution in [-0.4, -0.2) is 38.9 Å². The fraction of sp³-hybridized carbons (Fsp3) is 0.222. The van der Waals surface area contributed by atoms with Gasteiger partial charge in [-0.3, -0.25) is 14.9 Å². The van der Waals surface area contributed by atoms with Crippen molar-refractivity contribution in [2.45, 2.75) is 17.9 Å². The van der Waals surface area contributed by atoms with Crippen LogP contribution in [0.15, 0.2) is 48.5 Å². The zero-order valence-corrected chi connectivity index (χ0v) is 14.9. The first kappa shape index (κ1) is 21.0. The van der Waals surface area contributed by atoms with Gasteiger partial charge in [0.25, 0.3) is 5.69 Å². The smallest absolute Gasteiger partial charge is 0.437 e. The third-order valence-corrected chi connectivity index (χ3v) is 4.70. The predicted molar refractivity (Wildman–Crippen MR) is 94.4 cm³/mol. The van der Waals surface area contributed by atoms with Gasteiger partial charge in [-0.1, -0.05) is 30.3 Å². The molecular formula is C18H14F3N3O6. The highest BCUT2D eigenvalue weighted by atomic mass is 19.4. The zero-order chi connectivity index (χ0) is 22.3. The summed E-state index contributed by atoms with van der Waals surface area (Å²) in [5, 5.41) is 35.0. The van der Waals surface area contributed by atoms with Gasteiger partial charge in [-0.15, -0.1) is 0 Å². The number of carbonyl (C=O) groups is 2. The topological polar surface area (TPSA) is 142 Å². The van der Waals surface area contributed by atoms with Crippen LogP contribution >= 0.6 is 0 Å². The van der Waals surface area contributed by atoms with Gasteiger partial charge in [-0.2, -0.15) is 13.2 Å². The number of hydrogen-bond acceptors (Lipinski definition) is 6. The summed E-state index contributed by atoms with van der Waals surface area (Å²) in [6.07, 6.45) is -5.49. The SMILES string of the molecule is O=C1N[C@@H](c2cc([N+](=O)[O-])ccc2O)[C@H](C(=O)c2ccccc2)[C@](O)(C(F)(F)F)N1. The van der Waals surface area contributed by atoms with Crippen LogP contribution in [0.1, 0.15) is 22.0 Å². The second-order valence-electron chi connectivity index (χ2n) is 6.55. The van der Waals surface area contributed by atoms with E-state index in [1.807, 2.05) is 0 Å². The average Bonchev–Trinajstić information content (AvgIpc) is 2.67. The maximum Gasteiger partial charge on any atom is 0.437 e. The molecule has 3 atom stereocenters. The van der Waals surface area contributed by atoms with Crippen molar-refractivity contribution in [2.75, 3.05) is 0 Å². The third kappa shape index (κ3) is 3.52. The molecule has 1 fully saturated rings. The molecule has 3 rings (SSSR count). The number of halogens is 3. The Balaban J connectivity index is 2.23. The van der Waals surface area contributed by atoms with Crippen molar-refractivity contribution >= 4 is 17.5 Å². The molecular weight excluding hydrogens is 411 g/mol. The Labute approximate surface area is 166 Å². The highest BCUT2D eigenvalue weighted by Gasteiger charge is 2.66. The first-order valence-electron chi connectivity index (χ1n) is 8.40. The fourth-order valence-electron chi connectivity index (χ4n) is 3.28. The van der Waals surface area contributed by atoms with E-state index in [4.69, 9.17) is 0 Å². The van der Waals surface area contributed by atoms with E-state index in [1.165, 1.54) is 35.6 Å². The summed E-state index contributed by atoms with van der Waals surface area (Å²) >= 11 is 0. The summed E-state index contributed by atoms with van der Waals surface area (Å²) < 4.78 is 41.4. The number of nitro groups is 1. The van der Waals surface area contributed by atoms with Crippen molar-refractivity contribution in [3.05, 3.63) is 69.8 Å². The standard InChI is InChI=1S/C18H14F3N3O6/c19-18(20,21)17(28)13(15(26)9-4-2-1-3-5-9)14(22-16(27)23-17)11-8-10(24(29)30)6-7-12(11)25/h1-8,13-14,25,28H,(H2,22,23,27)/t13-,14+,17+/m1/s1. The number of phenols is 1. The largest absolute Gasteiger partial charge is 0.508 e. The predicted octanol–water partition coefficient (Wildman–Crippen LogP) is 2.40. The summed E-state index contributed by atoms with van der Waals surface area (Å²) in [7, 11) is 0. The maximum atomic E-state index is 13.8. The molecule has 12 heteroatoms. The van der Waals surface area contributed by atoms with Crippen molar-refractivity contribution in [1.29, 1.82) is 0 Å². The minimum atomic E-state index is -5.49. The number of amides is 2. The number of benzene rings is 2. The number of urea groups is 1. The van der Waals surface area contributed by atoms with Gasteiger partial charge in [0.1, 0.15) is 11.7 Å². The molecule has 0 unspecified atom stereocenters. The van der Waals surface area contributed by atoms with Gasteiger partial charge in [-0.25, -0.2) is 4.79 Å². The van der Waals surface area contributed by atoms with Gasteiger partial charge < -0.3 is 20.8 Å². The number of carbonyl (C=O) groups excluding carboxylic acids is 2. The van der Waals surface area contributed by atoms with Crippen LogP contribution in [0.3, 0.4) is 0 Å². The van der Waals surface area contributed by atoms with Gasteiger partial charge in [0.05, 0.1) is 11.0 Å². The molecule has 2 aromatic rings. The molecule has 0 aliphatic carbocycles. The van der Waals surface area contributed by atoms with E-state index in [0.29, 0.717) is 0 Å². The van der Waals surface area contributed by atoms with Gasteiger partial charge in [-0.05, 0) is 6.07 Å². The highest BCUT2D eigenvalue weighted by Crippen LogP contribution is 2.46. The zero-order valence-electron chi connectivity index (χ0n) is 14.9. The van der Waals surface area contributed by atoms with Crippen molar-refractivity contribution in [1.82, 2.24) is 10.6 Å². The second-order valence-corrected chi connectivity index (χ2v) is 6.55. The number of aliphatic hydroxyl groups is 1. The number of hydrogen-bond donors (Lipinski definition) is 4. The van der Waals surface area contributed by atoms with Crippen LogP contribution in [0.2, 0.25) is 0 Å². The molecule has 1 aliphatic rings. The Morgan fingerprint density at radius 1 is 1.17 bits per heavy atom. The van der Waals surface area contributed by atoms with Crippen LogP contribution in [-0.2, 0) is 0 Å². The minimum absolute atomic E-state index is 0.210. The van der Waals surface area contributed by atoms with E-state index in [1.54, 1.807) is 0 Å². The Morgan fingerprint density at radius 2 is 1.80 bits per heavy atom. The van der Waals surface area contributed by atoms with E-state index in [9.17, 15) is 43.1 Å². The number of Topliss-reactive ketones (excluding diaryl/α,β-unsaturated/α-hetero) is 1. The number of ketones is 1. The number of aromatic hydroxyl groups is 1. The molecule has 4 N–H and O–H groups in total. The molecule has 1 aliphatic heterocycles. The lowest BCUT2D eigenvalue weighted by Crippen LogP contribution is -2.72. The van der Waals surface area contributed by atoms with E-state index in [-0.39, 0.29) is 5.56 Å². The van der Waals surface area contributed by atoms with Crippen molar-refractivity contribution < 1.29 is 37.9 Å². The fourth-order valence-corrected chi connectivity index (χ4v) is 3.28. The summed E-state index contributed by atoms with van der Waals surface area (Å²) in [6, 6.07) is 5.75. The number of non-ortho nitro benzene ring substituents is 1. The number of nitrogens with zero attached hydrogens (tertiary/aromatic N) is 1. The van der Waals surface area contributed by atoms with Gasteiger partial charge in [0.2, 0.25) is 5.72 Å². The Morgan fingerprint density at radius 3 is 2.37 bits per heavy atom. The Hall–Kier alpha value is -3.67. The molecule has 2 amide bonds. The maximum absolute atomic E-state index is 13.8. The third-order valence-electron chi connectivity index (χ3n) is 4.70. The van der Waals surface area contributed by atoms with Gasteiger partial charge >= 0.3 is 12.2 Å². The lowest BCUT2D eigenvalue weighted by molar-refractivity contribution is -0.385.